The van der Waals surface area contributed by atoms with E-state index in [4.69, 9.17) is 0 Å². The molecule has 3 N–H and O–H groups in total. The number of amides is 1. The molecule has 1 fully saturated rings. The van der Waals surface area contributed by atoms with Gasteiger partial charge in [-0.2, -0.15) is 0 Å². The molecule has 0 saturated heterocycles. The van der Waals surface area contributed by atoms with Crippen molar-refractivity contribution in [2.24, 2.45) is 0 Å². The van der Waals surface area contributed by atoms with Crippen molar-refractivity contribution in [3.63, 3.8) is 0 Å². The van der Waals surface area contributed by atoms with Crippen LogP contribution in [0.25, 0.3) is 11.0 Å². The minimum Gasteiger partial charge on any atom is -0.352 e. The van der Waals surface area contributed by atoms with Crippen molar-refractivity contribution >= 4 is 29.3 Å². The molecule has 1 aromatic carbocycles. The molecule has 0 radical (unpaired) electrons. The molecule has 1 aliphatic rings. The summed E-state index contributed by atoms with van der Waals surface area (Å²) in [5.41, 5.74) is 2.15. The average Bonchev–Trinajstić information content (AvgIpc) is 3.16. The first kappa shape index (κ1) is 18.5. The molecule has 2 aromatic rings. The summed E-state index contributed by atoms with van der Waals surface area (Å²) in [7, 11) is 1.89. The van der Waals surface area contributed by atoms with Crippen LogP contribution in [0.1, 0.15) is 48.5 Å². The molecule has 0 atom stereocenters. The van der Waals surface area contributed by atoms with E-state index in [2.05, 4.69) is 15.6 Å². The summed E-state index contributed by atoms with van der Waals surface area (Å²) in [5.74, 6) is -0.0996. The molecule has 0 unspecified atom stereocenters. The number of carbonyl (C=O) groups excluding carboxylic acids is 1. The smallest absolute Gasteiger partial charge is 0.326 e. The lowest BCUT2D eigenvalue weighted by molar-refractivity contribution is 0.0953. The van der Waals surface area contributed by atoms with Gasteiger partial charge in [0.25, 0.3) is 5.91 Å². The van der Waals surface area contributed by atoms with Crippen molar-refractivity contribution in [2.75, 3.05) is 20.1 Å². The molecule has 1 aromatic heterocycles. The zero-order chi connectivity index (χ0) is 16.2. The molecule has 7 heteroatoms. The number of imidazole rings is 1. The topological polar surface area (TPSA) is 78.9 Å². The third-order valence-corrected chi connectivity index (χ3v) is 4.56. The maximum atomic E-state index is 12.3. The van der Waals surface area contributed by atoms with Gasteiger partial charge in [-0.1, -0.05) is 12.8 Å². The number of aromatic nitrogens is 2. The number of H-pyrrole nitrogens is 1. The number of hydrogen-bond donors (Lipinski definition) is 3. The molecule has 1 saturated carbocycles. The standard InChI is InChI=1S/C17H24N4O2.ClH/c1-18-9-4-10-19-16(22)12-7-8-15-14(11-12)20-17(23)21(15)13-5-2-3-6-13;/h7-8,11,13,18H,2-6,9-10H2,1H3,(H,19,22)(H,20,23);1H. The van der Waals surface area contributed by atoms with Crippen molar-refractivity contribution < 1.29 is 4.79 Å². The number of hydrogen-bond acceptors (Lipinski definition) is 3. The van der Waals surface area contributed by atoms with E-state index in [9.17, 15) is 9.59 Å². The quantitative estimate of drug-likeness (QED) is 0.697. The van der Waals surface area contributed by atoms with E-state index in [1.54, 1.807) is 12.1 Å². The highest BCUT2D eigenvalue weighted by Gasteiger charge is 2.21. The lowest BCUT2D eigenvalue weighted by Crippen LogP contribution is -2.26. The van der Waals surface area contributed by atoms with Crippen LogP contribution in [-0.2, 0) is 0 Å². The molecular formula is C17H25ClN4O2. The van der Waals surface area contributed by atoms with E-state index >= 15 is 0 Å². The van der Waals surface area contributed by atoms with Crippen LogP contribution in [0, 0.1) is 0 Å². The van der Waals surface area contributed by atoms with Gasteiger partial charge >= 0.3 is 5.69 Å². The first-order chi connectivity index (χ1) is 11.2. The van der Waals surface area contributed by atoms with Gasteiger partial charge in [0, 0.05) is 18.2 Å². The highest BCUT2D eigenvalue weighted by molar-refractivity contribution is 5.97. The predicted molar refractivity (Wildman–Crippen MR) is 98.2 cm³/mol. The Labute approximate surface area is 147 Å². The highest BCUT2D eigenvalue weighted by Crippen LogP contribution is 2.30. The first-order valence-corrected chi connectivity index (χ1v) is 8.38. The second-order valence-corrected chi connectivity index (χ2v) is 6.18. The van der Waals surface area contributed by atoms with Gasteiger partial charge < -0.3 is 15.6 Å². The minimum atomic E-state index is -0.0996. The zero-order valence-electron chi connectivity index (χ0n) is 13.9. The van der Waals surface area contributed by atoms with Gasteiger partial charge in [0.05, 0.1) is 11.0 Å². The van der Waals surface area contributed by atoms with E-state index < -0.39 is 0 Å². The Hall–Kier alpha value is -1.79. The second-order valence-electron chi connectivity index (χ2n) is 6.18. The van der Waals surface area contributed by atoms with Crippen molar-refractivity contribution in [3.8, 4) is 0 Å². The maximum Gasteiger partial charge on any atom is 0.326 e. The number of nitrogens with one attached hydrogen (secondary N) is 3. The Kier molecular flexibility index (Phi) is 6.45. The predicted octanol–water partition coefficient (Wildman–Crippen LogP) is 2.21. The van der Waals surface area contributed by atoms with Gasteiger partial charge in [0.1, 0.15) is 0 Å². The van der Waals surface area contributed by atoms with Crippen molar-refractivity contribution in [1.82, 2.24) is 20.2 Å². The van der Waals surface area contributed by atoms with Gasteiger partial charge in [-0.25, -0.2) is 4.79 Å². The van der Waals surface area contributed by atoms with Crippen molar-refractivity contribution in [2.45, 2.75) is 38.1 Å². The van der Waals surface area contributed by atoms with Crippen molar-refractivity contribution in [3.05, 3.63) is 34.2 Å². The van der Waals surface area contributed by atoms with Crippen LogP contribution in [0.15, 0.2) is 23.0 Å². The Balaban J connectivity index is 0.00000208. The van der Waals surface area contributed by atoms with Crippen LogP contribution in [0.5, 0.6) is 0 Å². The van der Waals surface area contributed by atoms with E-state index in [0.29, 0.717) is 12.1 Å². The summed E-state index contributed by atoms with van der Waals surface area (Å²) in [6.07, 6.45) is 5.36. The lowest BCUT2D eigenvalue weighted by Gasteiger charge is -2.11. The number of fused-ring (bicyclic) bond motifs is 1. The van der Waals surface area contributed by atoms with Crippen LogP contribution in [-0.4, -0.2) is 35.6 Å². The van der Waals surface area contributed by atoms with Crippen LogP contribution in [0.4, 0.5) is 0 Å². The molecule has 3 rings (SSSR count). The first-order valence-electron chi connectivity index (χ1n) is 8.38. The fourth-order valence-electron chi connectivity index (χ4n) is 3.37. The third-order valence-electron chi connectivity index (χ3n) is 4.56. The third kappa shape index (κ3) is 3.82. The molecule has 0 bridgehead atoms. The van der Waals surface area contributed by atoms with E-state index in [1.807, 2.05) is 17.7 Å². The fourth-order valence-corrected chi connectivity index (χ4v) is 3.37. The number of carbonyl (C=O) groups is 1. The van der Waals surface area contributed by atoms with Gasteiger partial charge in [-0.15, -0.1) is 12.4 Å². The van der Waals surface area contributed by atoms with Gasteiger partial charge in [0.2, 0.25) is 0 Å². The summed E-state index contributed by atoms with van der Waals surface area (Å²) >= 11 is 0. The summed E-state index contributed by atoms with van der Waals surface area (Å²) in [6.45, 7) is 1.51. The van der Waals surface area contributed by atoms with Gasteiger partial charge in [-0.05, 0) is 51.1 Å². The van der Waals surface area contributed by atoms with Crippen LogP contribution >= 0.6 is 12.4 Å². The molecule has 1 aliphatic carbocycles. The minimum absolute atomic E-state index is 0. The Morgan fingerprint density at radius 1 is 1.29 bits per heavy atom. The molecule has 24 heavy (non-hydrogen) atoms. The summed E-state index contributed by atoms with van der Waals surface area (Å²) in [4.78, 5) is 27.3. The highest BCUT2D eigenvalue weighted by atomic mass is 35.5. The molecule has 1 heterocycles. The largest absolute Gasteiger partial charge is 0.352 e. The maximum absolute atomic E-state index is 12.3. The SMILES string of the molecule is CNCCCNC(=O)c1ccc2c(c1)[nH]c(=O)n2C1CCCC1.Cl. The molecule has 1 amide bonds. The van der Waals surface area contributed by atoms with Gasteiger partial charge in [-0.3, -0.25) is 9.36 Å². The number of halogens is 1. The van der Waals surface area contributed by atoms with E-state index in [0.717, 1.165) is 36.8 Å². The Morgan fingerprint density at radius 2 is 2.04 bits per heavy atom. The van der Waals surface area contributed by atoms with Crippen molar-refractivity contribution in [1.29, 1.82) is 0 Å². The summed E-state index contributed by atoms with van der Waals surface area (Å²) in [6, 6.07) is 5.75. The van der Waals surface area contributed by atoms with E-state index in [-0.39, 0.29) is 30.0 Å². The summed E-state index contributed by atoms with van der Waals surface area (Å²) < 4.78 is 1.86. The van der Waals surface area contributed by atoms with E-state index in [1.165, 1.54) is 12.8 Å². The van der Waals surface area contributed by atoms with Crippen LogP contribution < -0.4 is 16.3 Å². The molecule has 132 valence electrons. The fraction of sp³-hybridized carbons (Fsp3) is 0.529. The van der Waals surface area contributed by atoms with Crippen LogP contribution in [0.2, 0.25) is 0 Å². The number of nitrogens with zero attached hydrogens (tertiary/aromatic N) is 1. The Bertz CT molecular complexity index is 747. The number of aromatic amines is 1. The normalized spacial score (nSPS) is 14.7. The summed E-state index contributed by atoms with van der Waals surface area (Å²) in [5, 5.41) is 5.94. The monoisotopic (exact) mass is 352 g/mol. The molecular weight excluding hydrogens is 328 g/mol. The zero-order valence-corrected chi connectivity index (χ0v) is 14.7. The Morgan fingerprint density at radius 3 is 2.75 bits per heavy atom. The molecule has 6 nitrogen and oxygen atoms in total. The number of benzene rings is 1. The average molecular weight is 353 g/mol. The second kappa shape index (κ2) is 8.35. The number of rotatable bonds is 6. The molecule has 0 aliphatic heterocycles. The van der Waals surface area contributed by atoms with Crippen LogP contribution in [0.3, 0.4) is 0 Å². The van der Waals surface area contributed by atoms with Gasteiger partial charge in [0.15, 0.2) is 0 Å². The lowest BCUT2D eigenvalue weighted by atomic mass is 10.1. The molecule has 0 spiro atoms.